The van der Waals surface area contributed by atoms with Crippen molar-refractivity contribution in [2.24, 2.45) is 0 Å². The van der Waals surface area contributed by atoms with Crippen LogP contribution in [0.15, 0.2) is 54.6 Å². The van der Waals surface area contributed by atoms with Crippen molar-refractivity contribution >= 4 is 39.0 Å². The minimum absolute atomic E-state index is 0.0344. The van der Waals surface area contributed by atoms with Gasteiger partial charge in [-0.15, -0.1) is 16.4 Å². The number of carbonyl (C=O) groups excluding carboxylic acids is 1. The van der Waals surface area contributed by atoms with E-state index in [1.54, 1.807) is 16.3 Å². The zero-order chi connectivity index (χ0) is 23.4. The van der Waals surface area contributed by atoms with Gasteiger partial charge in [0.05, 0.1) is 21.4 Å². The van der Waals surface area contributed by atoms with Crippen LogP contribution in [0.2, 0.25) is 0 Å². The summed E-state index contributed by atoms with van der Waals surface area (Å²) < 4.78 is 2.54. The Balaban J connectivity index is 1.85. The molecule has 1 aliphatic rings. The smallest absolute Gasteiger partial charge is 0.323 e. The summed E-state index contributed by atoms with van der Waals surface area (Å²) in [6, 6.07) is 5.57. The Hall–Kier alpha value is -3.59. The molecule has 0 aliphatic heterocycles. The molecule has 0 saturated heterocycles. The van der Waals surface area contributed by atoms with Gasteiger partial charge in [-0.05, 0) is 31.9 Å². The molecule has 0 unspecified atom stereocenters. The van der Waals surface area contributed by atoms with Crippen LogP contribution in [0.25, 0.3) is 21.5 Å². The van der Waals surface area contributed by atoms with E-state index in [2.05, 4.69) is 21.6 Å². The Morgan fingerprint density at radius 1 is 1.33 bits per heavy atom. The van der Waals surface area contributed by atoms with E-state index < -0.39 is 11.9 Å². The van der Waals surface area contributed by atoms with E-state index in [1.165, 1.54) is 16.2 Å². The van der Waals surface area contributed by atoms with Crippen LogP contribution in [0.5, 0.6) is 0 Å². The van der Waals surface area contributed by atoms with Gasteiger partial charge in [0.2, 0.25) is 5.82 Å². The number of aliphatic carboxylic acids is 1. The van der Waals surface area contributed by atoms with Crippen molar-refractivity contribution in [3.05, 3.63) is 66.2 Å². The molecule has 1 saturated carbocycles. The van der Waals surface area contributed by atoms with Crippen LogP contribution in [0, 0.1) is 0 Å². The summed E-state index contributed by atoms with van der Waals surface area (Å²) in [6.07, 6.45) is 10.8. The van der Waals surface area contributed by atoms with Crippen LogP contribution in [-0.4, -0.2) is 54.2 Å². The number of carboxylic acid groups (broad SMARTS) is 1. The van der Waals surface area contributed by atoms with Gasteiger partial charge >= 0.3 is 5.97 Å². The number of rotatable bonds is 8. The molecule has 3 aromatic rings. The van der Waals surface area contributed by atoms with Crippen LogP contribution in [0.1, 0.15) is 49.1 Å². The molecule has 33 heavy (non-hydrogen) atoms. The minimum Gasteiger partial charge on any atom is -0.480 e. The Bertz CT molecular complexity index is 1250. The highest BCUT2D eigenvalue weighted by Crippen LogP contribution is 2.29. The largest absolute Gasteiger partial charge is 0.480 e. The van der Waals surface area contributed by atoms with E-state index in [4.69, 9.17) is 0 Å². The van der Waals surface area contributed by atoms with E-state index in [0.29, 0.717) is 11.4 Å². The first kappa shape index (κ1) is 22.6. The van der Waals surface area contributed by atoms with E-state index in [9.17, 15) is 14.7 Å². The molecule has 0 atom stereocenters. The van der Waals surface area contributed by atoms with Crippen molar-refractivity contribution in [3.8, 4) is 5.69 Å². The highest BCUT2D eigenvalue weighted by atomic mass is 32.1. The fourth-order valence-electron chi connectivity index (χ4n) is 4.09. The van der Waals surface area contributed by atoms with Crippen LogP contribution >= 0.6 is 11.3 Å². The van der Waals surface area contributed by atoms with Crippen LogP contribution < -0.4 is 0 Å². The Morgan fingerprint density at radius 2 is 2.12 bits per heavy atom. The summed E-state index contributed by atoms with van der Waals surface area (Å²) in [6.45, 7) is 5.43. The molecule has 0 bridgehead atoms. The first-order valence-electron chi connectivity index (χ1n) is 10.8. The molecule has 8 nitrogen and oxygen atoms in total. The van der Waals surface area contributed by atoms with Gasteiger partial charge in [-0.1, -0.05) is 49.8 Å². The highest BCUT2D eigenvalue weighted by Gasteiger charge is 2.32. The Kier molecular flexibility index (Phi) is 6.79. The second kappa shape index (κ2) is 9.91. The maximum atomic E-state index is 13.5. The predicted molar refractivity (Wildman–Crippen MR) is 128 cm³/mol. The number of carboxylic acids is 1. The van der Waals surface area contributed by atoms with Crippen molar-refractivity contribution in [2.75, 3.05) is 6.54 Å². The number of aromatic nitrogens is 4. The molecule has 1 amide bonds. The van der Waals surface area contributed by atoms with E-state index in [-0.39, 0.29) is 18.4 Å². The number of amides is 1. The molecule has 9 heteroatoms. The summed E-state index contributed by atoms with van der Waals surface area (Å²) in [5.41, 5.74) is 4.01. The summed E-state index contributed by atoms with van der Waals surface area (Å²) in [4.78, 5) is 35.3. The SMILES string of the molecule is C=C/C(=C\C=C/C)c1nc(C(=O)N(CC(=O)O)C2CCCC2)nn1-c1cccc2ncsc12. The monoisotopic (exact) mass is 463 g/mol. The molecule has 4 rings (SSSR count). The average Bonchev–Trinajstić information content (AvgIpc) is 3.58. The van der Waals surface area contributed by atoms with Crippen molar-refractivity contribution in [1.82, 2.24) is 24.6 Å². The summed E-state index contributed by atoms with van der Waals surface area (Å²) >= 11 is 1.48. The number of hydrogen-bond acceptors (Lipinski definition) is 6. The van der Waals surface area contributed by atoms with Crippen molar-refractivity contribution in [3.63, 3.8) is 0 Å². The number of benzene rings is 1. The van der Waals surface area contributed by atoms with Crippen LogP contribution in [0.3, 0.4) is 0 Å². The molecule has 1 aromatic carbocycles. The van der Waals surface area contributed by atoms with Gasteiger partial charge in [0.15, 0.2) is 5.82 Å². The predicted octanol–water partition coefficient (Wildman–Crippen LogP) is 4.49. The van der Waals surface area contributed by atoms with Gasteiger partial charge in [-0.2, -0.15) is 0 Å². The molecule has 0 radical (unpaired) electrons. The third kappa shape index (κ3) is 4.63. The number of hydrogen-bond donors (Lipinski definition) is 1. The zero-order valence-electron chi connectivity index (χ0n) is 18.3. The Labute approximate surface area is 195 Å². The van der Waals surface area contributed by atoms with Crippen LogP contribution in [-0.2, 0) is 4.79 Å². The van der Waals surface area contributed by atoms with Gasteiger partial charge in [0, 0.05) is 11.6 Å². The number of thiazole rings is 1. The topological polar surface area (TPSA) is 101 Å². The number of allylic oxidation sites excluding steroid dienone is 5. The fraction of sp³-hybridized carbons (Fsp3) is 0.292. The van der Waals surface area contributed by atoms with Gasteiger partial charge in [-0.3, -0.25) is 9.59 Å². The van der Waals surface area contributed by atoms with Crippen molar-refractivity contribution < 1.29 is 14.7 Å². The zero-order valence-corrected chi connectivity index (χ0v) is 19.2. The first-order valence-corrected chi connectivity index (χ1v) is 11.7. The average molecular weight is 464 g/mol. The molecular weight excluding hydrogens is 438 g/mol. The molecular formula is C24H25N5O3S. The van der Waals surface area contributed by atoms with Gasteiger partial charge in [0.25, 0.3) is 5.91 Å². The maximum absolute atomic E-state index is 13.5. The second-order valence-corrected chi connectivity index (χ2v) is 8.62. The van der Waals surface area contributed by atoms with Gasteiger partial charge < -0.3 is 10.0 Å². The number of carbonyl (C=O) groups is 2. The number of fused-ring (bicyclic) bond motifs is 1. The molecule has 2 aromatic heterocycles. The first-order chi connectivity index (χ1) is 16.0. The molecule has 1 N–H and O–H groups in total. The van der Waals surface area contributed by atoms with E-state index in [0.717, 1.165) is 41.6 Å². The fourth-order valence-corrected chi connectivity index (χ4v) is 4.87. The number of nitrogens with zero attached hydrogens (tertiary/aromatic N) is 5. The molecule has 1 fully saturated rings. The lowest BCUT2D eigenvalue weighted by Gasteiger charge is -2.26. The van der Waals surface area contributed by atoms with Crippen LogP contribution in [0.4, 0.5) is 0 Å². The van der Waals surface area contributed by atoms with Crippen molar-refractivity contribution in [2.45, 2.75) is 38.6 Å². The minimum atomic E-state index is -1.05. The quantitative estimate of drug-likeness (QED) is 0.494. The third-order valence-corrected chi connectivity index (χ3v) is 6.51. The highest BCUT2D eigenvalue weighted by molar-refractivity contribution is 7.17. The molecule has 170 valence electrons. The lowest BCUT2D eigenvalue weighted by molar-refractivity contribution is -0.138. The van der Waals surface area contributed by atoms with E-state index in [1.807, 2.05) is 43.4 Å². The molecule has 2 heterocycles. The normalized spacial score (nSPS) is 14.9. The summed E-state index contributed by atoms with van der Waals surface area (Å²) in [5.74, 6) is -1.11. The lowest BCUT2D eigenvalue weighted by atomic mass is 10.2. The molecule has 1 aliphatic carbocycles. The van der Waals surface area contributed by atoms with E-state index >= 15 is 0 Å². The maximum Gasteiger partial charge on any atom is 0.323 e. The standard InChI is InChI=1S/C24H25N5O3S/c1-3-5-9-16(4-2)23-26-22(24(32)28(14-20(30)31)17-10-6-7-11-17)27-29(23)19-13-8-12-18-21(19)33-15-25-18/h3-5,8-9,12-13,15,17H,2,6-7,10-11,14H2,1H3,(H,30,31)/b5-3-,16-9+. The third-order valence-electron chi connectivity index (χ3n) is 5.64. The Morgan fingerprint density at radius 3 is 2.82 bits per heavy atom. The summed E-state index contributed by atoms with van der Waals surface area (Å²) in [7, 11) is 0. The lowest BCUT2D eigenvalue weighted by Crippen LogP contribution is -2.42. The van der Waals surface area contributed by atoms with Crippen molar-refractivity contribution in [1.29, 1.82) is 0 Å². The van der Waals surface area contributed by atoms with Gasteiger partial charge in [-0.25, -0.2) is 14.6 Å². The molecule has 0 spiro atoms. The summed E-state index contributed by atoms with van der Waals surface area (Å²) in [5, 5.41) is 14.0. The van der Waals surface area contributed by atoms with Gasteiger partial charge in [0.1, 0.15) is 6.54 Å². The second-order valence-electron chi connectivity index (χ2n) is 7.77.